The van der Waals surface area contributed by atoms with Crippen LogP contribution in [-0.4, -0.2) is 33.0 Å². The minimum Gasteiger partial charge on any atom is -0.465 e. The van der Waals surface area contributed by atoms with Crippen LogP contribution in [0.25, 0.3) is 33.5 Å². The molecule has 0 saturated heterocycles. The number of methoxy groups -OCH3 is 1. The summed E-state index contributed by atoms with van der Waals surface area (Å²) in [6, 6.07) is 13.5. The van der Waals surface area contributed by atoms with Crippen molar-refractivity contribution in [3.05, 3.63) is 75.1 Å². The van der Waals surface area contributed by atoms with Crippen molar-refractivity contribution < 1.29 is 14.5 Å². The summed E-state index contributed by atoms with van der Waals surface area (Å²) >= 11 is 6.51. The third-order valence-corrected chi connectivity index (χ3v) is 4.99. The fraction of sp³-hybridized carbons (Fsp3) is 0.0952. The number of hydrogen-bond acceptors (Lipinski definition) is 6. The van der Waals surface area contributed by atoms with E-state index in [-0.39, 0.29) is 33.1 Å². The first kappa shape index (κ1) is 19.5. The molecule has 150 valence electrons. The number of esters is 1. The molecule has 2 heterocycles. The van der Waals surface area contributed by atoms with Crippen LogP contribution in [0.1, 0.15) is 16.1 Å². The fourth-order valence-electron chi connectivity index (χ4n) is 3.42. The molecule has 0 bridgehead atoms. The Morgan fingerprint density at radius 1 is 1.10 bits per heavy atom. The van der Waals surface area contributed by atoms with Crippen molar-refractivity contribution in [2.45, 2.75) is 6.92 Å². The number of carbonyl (C=O) groups is 1. The number of aromatic amines is 1. The number of fused-ring (bicyclic) bond motifs is 1. The van der Waals surface area contributed by atoms with Crippen LogP contribution >= 0.6 is 11.6 Å². The third kappa shape index (κ3) is 3.17. The van der Waals surface area contributed by atoms with E-state index in [1.54, 1.807) is 25.1 Å². The number of imidazole rings is 1. The van der Waals surface area contributed by atoms with E-state index in [4.69, 9.17) is 16.3 Å². The molecule has 4 aromatic rings. The molecule has 4 rings (SSSR count). The van der Waals surface area contributed by atoms with Crippen molar-refractivity contribution in [2.24, 2.45) is 0 Å². The maximum absolute atomic E-state index is 12.7. The monoisotopic (exact) mass is 422 g/mol. The van der Waals surface area contributed by atoms with Gasteiger partial charge >= 0.3 is 5.97 Å². The molecule has 8 nitrogen and oxygen atoms in total. The van der Waals surface area contributed by atoms with Gasteiger partial charge in [-0.3, -0.25) is 10.1 Å². The molecule has 2 aromatic heterocycles. The molecule has 0 aliphatic carbocycles. The van der Waals surface area contributed by atoms with Gasteiger partial charge in [0.25, 0.3) is 5.69 Å². The standard InChI is InChI=1S/C21H15ClN4O4/c1-11-16(21(27)30-2)17(12-7-3-6-10-15(12)26(28)29)18(19(22)23-11)20-24-13-8-4-5-9-14(13)25-20/h3-10H,1-2H3,(H,24,25). The van der Waals surface area contributed by atoms with Crippen LogP contribution in [-0.2, 0) is 4.74 Å². The lowest BCUT2D eigenvalue weighted by atomic mass is 9.93. The van der Waals surface area contributed by atoms with E-state index in [0.717, 1.165) is 5.52 Å². The molecule has 0 spiro atoms. The molecule has 0 fully saturated rings. The summed E-state index contributed by atoms with van der Waals surface area (Å²) in [5.41, 5.74) is 2.37. The van der Waals surface area contributed by atoms with E-state index < -0.39 is 10.9 Å². The maximum Gasteiger partial charge on any atom is 0.340 e. The first-order chi connectivity index (χ1) is 14.4. The zero-order valence-corrected chi connectivity index (χ0v) is 16.7. The molecule has 0 saturated carbocycles. The molecule has 0 radical (unpaired) electrons. The normalized spacial score (nSPS) is 10.9. The molecule has 9 heteroatoms. The van der Waals surface area contributed by atoms with E-state index in [0.29, 0.717) is 17.0 Å². The van der Waals surface area contributed by atoms with E-state index in [9.17, 15) is 14.9 Å². The number of H-pyrrole nitrogens is 1. The van der Waals surface area contributed by atoms with Gasteiger partial charge in [-0.1, -0.05) is 35.9 Å². The molecule has 0 amide bonds. The summed E-state index contributed by atoms with van der Waals surface area (Å²) in [5, 5.41) is 11.8. The topological polar surface area (TPSA) is 111 Å². The van der Waals surface area contributed by atoms with Gasteiger partial charge < -0.3 is 9.72 Å². The number of nitrogens with zero attached hydrogens (tertiary/aromatic N) is 3. The highest BCUT2D eigenvalue weighted by molar-refractivity contribution is 6.33. The number of nitrogens with one attached hydrogen (secondary N) is 1. The molecular formula is C21H15ClN4O4. The van der Waals surface area contributed by atoms with Crippen molar-refractivity contribution in [3.63, 3.8) is 0 Å². The molecule has 0 aliphatic rings. The Bertz CT molecular complexity index is 1280. The molecule has 2 aromatic carbocycles. The van der Waals surface area contributed by atoms with Crippen molar-refractivity contribution >= 4 is 34.3 Å². The van der Waals surface area contributed by atoms with Crippen LogP contribution < -0.4 is 0 Å². The van der Waals surface area contributed by atoms with Crippen molar-refractivity contribution in [3.8, 4) is 22.5 Å². The molecular weight excluding hydrogens is 408 g/mol. The van der Waals surface area contributed by atoms with E-state index in [1.807, 2.05) is 24.3 Å². The second kappa shape index (κ2) is 7.57. The summed E-state index contributed by atoms with van der Waals surface area (Å²) in [6.45, 7) is 1.60. The van der Waals surface area contributed by atoms with Gasteiger partial charge in [0.2, 0.25) is 0 Å². The van der Waals surface area contributed by atoms with Gasteiger partial charge in [0.1, 0.15) is 11.0 Å². The Morgan fingerprint density at radius 3 is 2.50 bits per heavy atom. The smallest absolute Gasteiger partial charge is 0.340 e. The third-order valence-electron chi connectivity index (χ3n) is 4.72. The second-order valence-corrected chi connectivity index (χ2v) is 6.84. The number of benzene rings is 2. The summed E-state index contributed by atoms with van der Waals surface area (Å²) in [4.78, 5) is 35.9. The molecule has 1 N–H and O–H groups in total. The molecule has 30 heavy (non-hydrogen) atoms. The van der Waals surface area contributed by atoms with Gasteiger partial charge in [0.15, 0.2) is 0 Å². The van der Waals surface area contributed by atoms with Crippen LogP contribution in [0.2, 0.25) is 5.15 Å². The van der Waals surface area contributed by atoms with Gasteiger partial charge in [-0.25, -0.2) is 14.8 Å². The predicted octanol–water partition coefficient (Wildman–Crippen LogP) is 4.95. The zero-order valence-electron chi connectivity index (χ0n) is 16.0. The minimum absolute atomic E-state index is 0.0624. The maximum atomic E-state index is 12.7. The molecule has 0 aliphatic heterocycles. The zero-order chi connectivity index (χ0) is 21.4. The number of para-hydroxylation sites is 3. The number of halogens is 1. The van der Waals surface area contributed by atoms with Gasteiger partial charge in [0.05, 0.1) is 45.5 Å². The Morgan fingerprint density at radius 2 is 1.80 bits per heavy atom. The Labute approximate surface area is 175 Å². The first-order valence-electron chi connectivity index (χ1n) is 8.89. The lowest BCUT2D eigenvalue weighted by Gasteiger charge is -2.16. The lowest BCUT2D eigenvalue weighted by molar-refractivity contribution is -0.384. The number of carbonyl (C=O) groups excluding carboxylic acids is 1. The highest BCUT2D eigenvalue weighted by Crippen LogP contribution is 2.43. The average molecular weight is 423 g/mol. The van der Waals surface area contributed by atoms with Crippen LogP contribution in [0.15, 0.2) is 48.5 Å². The highest BCUT2D eigenvalue weighted by Gasteiger charge is 2.30. The number of hydrogen-bond donors (Lipinski definition) is 1. The number of ether oxygens (including phenoxy) is 1. The number of aromatic nitrogens is 3. The van der Waals surface area contributed by atoms with Gasteiger partial charge in [-0.05, 0) is 25.1 Å². The summed E-state index contributed by atoms with van der Waals surface area (Å²) in [6.07, 6.45) is 0. The van der Waals surface area contributed by atoms with Crippen molar-refractivity contribution in [1.29, 1.82) is 0 Å². The highest BCUT2D eigenvalue weighted by atomic mass is 35.5. The number of nitro benzene ring substituents is 1. The summed E-state index contributed by atoms with van der Waals surface area (Å²) < 4.78 is 4.95. The Kier molecular flexibility index (Phi) is 4.93. The summed E-state index contributed by atoms with van der Waals surface area (Å²) in [7, 11) is 1.24. The van der Waals surface area contributed by atoms with Crippen molar-refractivity contribution in [1.82, 2.24) is 15.0 Å². The average Bonchev–Trinajstić information content (AvgIpc) is 3.16. The molecule has 0 unspecified atom stereocenters. The van der Waals surface area contributed by atoms with Crippen molar-refractivity contribution in [2.75, 3.05) is 7.11 Å². The van der Waals surface area contributed by atoms with Gasteiger partial charge in [-0.15, -0.1) is 0 Å². The lowest BCUT2D eigenvalue weighted by Crippen LogP contribution is -2.11. The minimum atomic E-state index is -0.679. The van der Waals surface area contributed by atoms with E-state index >= 15 is 0 Å². The van der Waals surface area contributed by atoms with Gasteiger partial charge in [-0.2, -0.15) is 0 Å². The van der Waals surface area contributed by atoms with Crippen LogP contribution in [0, 0.1) is 17.0 Å². The number of aryl methyl sites for hydroxylation is 1. The van der Waals surface area contributed by atoms with E-state index in [2.05, 4.69) is 15.0 Å². The van der Waals surface area contributed by atoms with E-state index in [1.165, 1.54) is 13.2 Å². The fourth-order valence-corrected chi connectivity index (χ4v) is 3.73. The van der Waals surface area contributed by atoms with Crippen LogP contribution in [0.3, 0.4) is 0 Å². The SMILES string of the molecule is COC(=O)c1c(C)nc(Cl)c(-c2nc3ccccc3[nH]2)c1-c1ccccc1[N+](=O)[O-]. The van der Waals surface area contributed by atoms with Gasteiger partial charge in [0, 0.05) is 11.6 Å². The number of nitro groups is 1. The van der Waals surface area contributed by atoms with Crippen LogP contribution in [0.4, 0.5) is 5.69 Å². The predicted molar refractivity (Wildman–Crippen MR) is 113 cm³/mol. The second-order valence-electron chi connectivity index (χ2n) is 6.48. The largest absolute Gasteiger partial charge is 0.465 e. The van der Waals surface area contributed by atoms with Crippen LogP contribution in [0.5, 0.6) is 0 Å². The summed E-state index contributed by atoms with van der Waals surface area (Å²) in [5.74, 6) is -0.339. The quantitative estimate of drug-likeness (QED) is 0.215. The first-order valence-corrected chi connectivity index (χ1v) is 9.27. The Hall–Kier alpha value is -3.78. The number of rotatable bonds is 4. The molecule has 0 atom stereocenters. The number of pyridine rings is 1. The Balaban J connectivity index is 2.16.